The van der Waals surface area contributed by atoms with Crippen molar-refractivity contribution in [1.82, 2.24) is 8.25 Å². The van der Waals surface area contributed by atoms with Gasteiger partial charge in [-0.15, -0.1) is 0 Å². The van der Waals surface area contributed by atoms with Gasteiger partial charge < -0.3 is 1.43 Å². The van der Waals surface area contributed by atoms with Crippen molar-refractivity contribution in [2.24, 2.45) is 0 Å². The van der Waals surface area contributed by atoms with Crippen LogP contribution in [0.1, 0.15) is 1.43 Å². The summed E-state index contributed by atoms with van der Waals surface area (Å²) in [6.45, 7) is 0. The number of alkyl halides is 12. The molecule has 0 aliphatic carbocycles. The van der Waals surface area contributed by atoms with Crippen LogP contribution in [0.3, 0.4) is 0 Å². The van der Waals surface area contributed by atoms with E-state index in [4.69, 9.17) is 0 Å². The van der Waals surface area contributed by atoms with Gasteiger partial charge in [-0.3, -0.25) is 0 Å². The Bertz CT molecular complexity index is 868. The number of hydrogen-bond acceptors (Lipinski definition) is 8. The van der Waals surface area contributed by atoms with E-state index in [9.17, 15) is 86.4 Å². The SMILES string of the molecule is O=S(=O)(NS(=O)(=O)C(F)(F)F)C(F)(F)F.O=S(=O)(NS(=O)(=O)C(F)(F)F)C(F)(F)F.[H-].[K+]. The Labute approximate surface area is 207 Å². The van der Waals surface area contributed by atoms with E-state index in [1.807, 2.05) is 0 Å². The maximum atomic E-state index is 11.5. The van der Waals surface area contributed by atoms with Crippen molar-refractivity contribution in [2.45, 2.75) is 22.0 Å². The van der Waals surface area contributed by atoms with Crippen molar-refractivity contribution in [3.8, 4) is 0 Å². The van der Waals surface area contributed by atoms with Gasteiger partial charge in [0, 0.05) is 0 Å². The molecule has 0 radical (unpaired) electrons. The number of halogens is 12. The van der Waals surface area contributed by atoms with Crippen LogP contribution in [0.5, 0.6) is 0 Å². The number of sulfonamides is 4. The Morgan fingerprint density at radius 2 is 0.484 bits per heavy atom. The summed E-state index contributed by atoms with van der Waals surface area (Å²) >= 11 is 0. The van der Waals surface area contributed by atoms with Gasteiger partial charge in [-0.25, -0.2) is 33.7 Å². The van der Waals surface area contributed by atoms with Crippen LogP contribution in [0.4, 0.5) is 52.7 Å². The van der Waals surface area contributed by atoms with Crippen LogP contribution < -0.4 is 59.6 Å². The fourth-order valence-electron chi connectivity index (χ4n) is 0.478. The van der Waals surface area contributed by atoms with Gasteiger partial charge in [0.1, 0.15) is 0 Å². The molecule has 0 spiro atoms. The molecule has 31 heavy (non-hydrogen) atoms. The van der Waals surface area contributed by atoms with Gasteiger partial charge in [0.25, 0.3) is 0 Å². The summed E-state index contributed by atoms with van der Waals surface area (Å²) in [4.78, 5) is 0. The van der Waals surface area contributed by atoms with Crippen molar-refractivity contribution in [3.05, 3.63) is 0 Å². The van der Waals surface area contributed by atoms with Crippen LogP contribution in [-0.4, -0.2) is 55.7 Å². The molecule has 0 aromatic rings. The molecule has 0 aliphatic rings. The first-order valence-electron chi connectivity index (χ1n) is 5.23. The van der Waals surface area contributed by atoms with Crippen molar-refractivity contribution in [1.29, 1.82) is 0 Å². The molecule has 0 atom stereocenters. The first-order valence-corrected chi connectivity index (χ1v) is 11.2. The van der Waals surface area contributed by atoms with Gasteiger partial charge in [-0.05, 0) is 0 Å². The van der Waals surface area contributed by atoms with E-state index in [-0.39, 0.29) is 52.8 Å². The van der Waals surface area contributed by atoms with Crippen molar-refractivity contribution in [2.75, 3.05) is 0 Å². The number of nitrogens with one attached hydrogen (secondary N) is 2. The molecule has 0 aromatic heterocycles. The predicted molar refractivity (Wildman–Crippen MR) is 67.3 cm³/mol. The van der Waals surface area contributed by atoms with Gasteiger partial charge in [0.2, 0.25) is 0 Å². The van der Waals surface area contributed by atoms with Crippen molar-refractivity contribution < 1.29 is 139 Å². The summed E-state index contributed by atoms with van der Waals surface area (Å²) in [6.07, 6.45) is 0. The van der Waals surface area contributed by atoms with Gasteiger partial charge in [-0.2, -0.15) is 52.7 Å². The second-order valence-electron chi connectivity index (χ2n) is 3.96. The zero-order chi connectivity index (χ0) is 25.4. The topological polar surface area (TPSA) is 161 Å². The largest absolute Gasteiger partial charge is 1.00 e. The zero-order valence-electron chi connectivity index (χ0n) is 14.4. The Balaban J connectivity index is -0.000000231. The summed E-state index contributed by atoms with van der Waals surface area (Å²) in [5.41, 5.74) is -24.6. The average molecular weight is 602 g/mol. The van der Waals surface area contributed by atoms with Crippen molar-refractivity contribution in [3.63, 3.8) is 0 Å². The molecule has 0 aliphatic heterocycles. The second kappa shape index (κ2) is 10.4. The summed E-state index contributed by atoms with van der Waals surface area (Å²) in [5.74, 6) is 0. The first kappa shape index (κ1) is 36.1. The fourth-order valence-corrected chi connectivity index (χ4v) is 4.30. The summed E-state index contributed by atoms with van der Waals surface area (Å²) in [7, 11) is -26.4. The minimum atomic E-state index is -6.60. The molecule has 0 rings (SSSR count). The number of rotatable bonds is 4. The molecule has 0 aromatic carbocycles. The van der Waals surface area contributed by atoms with E-state index in [1.165, 1.54) is 0 Å². The van der Waals surface area contributed by atoms with Gasteiger partial charge in [0.15, 0.2) is 0 Å². The summed E-state index contributed by atoms with van der Waals surface area (Å²) in [5, 5.41) is 0. The van der Waals surface area contributed by atoms with E-state index in [1.54, 1.807) is 0 Å². The maximum absolute atomic E-state index is 11.5. The van der Waals surface area contributed by atoms with E-state index in [0.717, 1.165) is 0 Å². The summed E-state index contributed by atoms with van der Waals surface area (Å²) < 4.78 is 217. The van der Waals surface area contributed by atoms with Crippen LogP contribution in [0, 0.1) is 0 Å². The predicted octanol–water partition coefficient (Wildman–Crippen LogP) is -2.33. The summed E-state index contributed by atoms with van der Waals surface area (Å²) in [6, 6.07) is 0. The smallest absolute Gasteiger partial charge is 1.00 e. The molecule has 0 heterocycles. The Morgan fingerprint density at radius 3 is 0.548 bits per heavy atom. The zero-order valence-corrected chi connectivity index (χ0v) is 19.8. The van der Waals surface area contributed by atoms with Gasteiger partial charge in [0.05, 0.1) is 0 Å². The minimum Gasteiger partial charge on any atom is -1.00 e. The third kappa shape index (κ3) is 10.5. The molecule has 0 saturated carbocycles. The quantitative estimate of drug-likeness (QED) is 0.268. The molecule has 0 amide bonds. The van der Waals surface area contributed by atoms with Crippen LogP contribution in [-0.2, 0) is 40.1 Å². The monoisotopic (exact) mass is 602 g/mol. The average Bonchev–Trinajstić information content (AvgIpc) is 2.30. The van der Waals surface area contributed by atoms with Crippen LogP contribution in [0.25, 0.3) is 0 Å². The molecular formula is C4H3F12KN2O8S4. The Hall–Kier alpha value is 0.516. The van der Waals surface area contributed by atoms with E-state index < -0.39 is 70.4 Å². The standard InChI is InChI=1S/2C2HF6NO4S2.K.H/c2*3-1(4,5)14(10,11)9-15(12,13)2(6,7)8;;/h2*9H;;/q;;+1;-1. The van der Waals surface area contributed by atoms with E-state index >= 15 is 0 Å². The molecule has 10 nitrogen and oxygen atoms in total. The normalized spacial score (nSPS) is 14.8. The van der Waals surface area contributed by atoms with Crippen LogP contribution in [0.2, 0.25) is 0 Å². The third-order valence-electron chi connectivity index (χ3n) is 1.66. The van der Waals surface area contributed by atoms with Crippen LogP contribution in [0.15, 0.2) is 0 Å². The molecular weight excluding hydrogens is 599 g/mol. The fraction of sp³-hybridized carbons (Fsp3) is 1.00. The maximum Gasteiger partial charge on any atom is 1.00 e. The minimum absolute atomic E-state index is 0. The molecule has 0 fully saturated rings. The second-order valence-corrected chi connectivity index (χ2v) is 11.2. The number of hydrogen-bond donors (Lipinski definition) is 2. The third-order valence-corrected chi connectivity index (χ3v) is 7.61. The molecule has 27 heteroatoms. The van der Waals surface area contributed by atoms with Crippen molar-refractivity contribution >= 4 is 40.1 Å². The molecule has 0 bridgehead atoms. The van der Waals surface area contributed by atoms with E-state index in [2.05, 4.69) is 0 Å². The molecule has 2 N–H and O–H groups in total. The first-order chi connectivity index (χ1) is 12.4. The van der Waals surface area contributed by atoms with Gasteiger partial charge in [-0.1, -0.05) is 8.25 Å². The van der Waals surface area contributed by atoms with Crippen LogP contribution >= 0.6 is 0 Å². The van der Waals surface area contributed by atoms with Gasteiger partial charge >= 0.3 is 114 Å². The molecule has 0 saturated heterocycles. The Kier molecular flexibility index (Phi) is 12.1. The molecule has 186 valence electrons. The Morgan fingerprint density at radius 1 is 0.387 bits per heavy atom. The van der Waals surface area contributed by atoms with E-state index in [0.29, 0.717) is 0 Å². The molecule has 0 unspecified atom stereocenters.